The molecule has 0 aliphatic carbocycles. The van der Waals surface area contributed by atoms with Crippen LogP contribution >= 0.6 is 15.9 Å². The van der Waals surface area contributed by atoms with Crippen LogP contribution in [0.25, 0.3) is 0 Å². The average molecular weight is 352 g/mol. The summed E-state index contributed by atoms with van der Waals surface area (Å²) in [6.45, 7) is 2.51. The molecule has 0 unspecified atom stereocenters. The Kier molecular flexibility index (Phi) is 4.52. The quantitative estimate of drug-likeness (QED) is 0.383. The van der Waals surface area contributed by atoms with Crippen LogP contribution in [0.5, 0.6) is 0 Å². The number of nitrogens with two attached hydrogens (primary N) is 1. The Bertz CT molecular complexity index is 680. The van der Waals surface area contributed by atoms with Crippen LogP contribution in [0.3, 0.4) is 0 Å². The standard InChI is InChI=1S/C14H18BrN5O/c1-9-12(13(16)18-21)14(20(3)17-9)19(2)8-10-6-4-5-7-11(10)15/h4-7,21H,8H2,1-3H3,(H2,16,18). The molecule has 1 aromatic heterocycles. The summed E-state index contributed by atoms with van der Waals surface area (Å²) in [4.78, 5) is 2.02. The van der Waals surface area contributed by atoms with Gasteiger partial charge in [-0.25, -0.2) is 0 Å². The van der Waals surface area contributed by atoms with Gasteiger partial charge >= 0.3 is 0 Å². The van der Waals surface area contributed by atoms with Crippen LogP contribution in [0.4, 0.5) is 5.82 Å². The molecule has 0 spiro atoms. The van der Waals surface area contributed by atoms with Crippen molar-refractivity contribution in [3.8, 4) is 0 Å². The molecule has 0 fully saturated rings. The maximum Gasteiger partial charge on any atom is 0.175 e. The lowest BCUT2D eigenvalue weighted by atomic mass is 10.2. The zero-order chi connectivity index (χ0) is 15.6. The van der Waals surface area contributed by atoms with E-state index >= 15 is 0 Å². The Labute approximate surface area is 132 Å². The molecule has 0 amide bonds. The fraction of sp³-hybridized carbons (Fsp3) is 0.286. The van der Waals surface area contributed by atoms with Crippen molar-refractivity contribution in [3.63, 3.8) is 0 Å². The first-order valence-electron chi connectivity index (χ1n) is 6.41. The highest BCUT2D eigenvalue weighted by Crippen LogP contribution is 2.25. The molecule has 21 heavy (non-hydrogen) atoms. The van der Waals surface area contributed by atoms with Gasteiger partial charge in [-0.3, -0.25) is 4.68 Å². The Hall–Kier alpha value is -2.02. The molecule has 0 saturated carbocycles. The highest BCUT2D eigenvalue weighted by molar-refractivity contribution is 9.10. The molecule has 6 nitrogen and oxygen atoms in total. The van der Waals surface area contributed by atoms with Crippen LogP contribution in [-0.4, -0.2) is 27.9 Å². The Morgan fingerprint density at radius 3 is 2.76 bits per heavy atom. The summed E-state index contributed by atoms with van der Waals surface area (Å²) in [6, 6.07) is 8.02. The van der Waals surface area contributed by atoms with Gasteiger partial charge in [0.1, 0.15) is 5.82 Å². The van der Waals surface area contributed by atoms with Crippen LogP contribution in [0, 0.1) is 6.92 Å². The maximum atomic E-state index is 8.96. The van der Waals surface area contributed by atoms with Crippen molar-refractivity contribution in [2.75, 3.05) is 11.9 Å². The molecule has 1 aromatic carbocycles. The number of hydrogen-bond donors (Lipinski definition) is 2. The lowest BCUT2D eigenvalue weighted by molar-refractivity contribution is 0.318. The van der Waals surface area contributed by atoms with Crippen molar-refractivity contribution < 1.29 is 5.21 Å². The summed E-state index contributed by atoms with van der Waals surface area (Å²) >= 11 is 3.54. The third kappa shape index (κ3) is 3.02. The summed E-state index contributed by atoms with van der Waals surface area (Å²) in [6.07, 6.45) is 0. The molecule has 0 aliphatic heterocycles. The fourth-order valence-corrected chi connectivity index (χ4v) is 2.80. The van der Waals surface area contributed by atoms with Crippen LogP contribution in [-0.2, 0) is 13.6 Å². The van der Waals surface area contributed by atoms with Gasteiger partial charge in [0.2, 0.25) is 0 Å². The van der Waals surface area contributed by atoms with Gasteiger partial charge in [0.25, 0.3) is 0 Å². The normalized spacial score (nSPS) is 11.7. The minimum atomic E-state index is 0.0644. The molecule has 7 heteroatoms. The van der Waals surface area contributed by atoms with E-state index in [0.717, 1.165) is 21.5 Å². The van der Waals surface area contributed by atoms with Gasteiger partial charge in [-0.1, -0.05) is 39.3 Å². The second kappa shape index (κ2) is 6.17. The number of aromatic nitrogens is 2. The van der Waals surface area contributed by atoms with Crippen LogP contribution in [0.1, 0.15) is 16.8 Å². The summed E-state index contributed by atoms with van der Waals surface area (Å²) in [5.74, 6) is 0.869. The predicted octanol–water partition coefficient (Wildman–Crippen LogP) is 2.22. The summed E-state index contributed by atoms with van der Waals surface area (Å²) in [5.41, 5.74) is 8.30. The second-order valence-electron chi connectivity index (χ2n) is 4.84. The topological polar surface area (TPSA) is 79.7 Å². The molecule has 2 aromatic rings. The van der Waals surface area contributed by atoms with E-state index in [1.165, 1.54) is 0 Å². The summed E-state index contributed by atoms with van der Waals surface area (Å²) in [7, 11) is 3.79. The van der Waals surface area contributed by atoms with Crippen LogP contribution in [0.15, 0.2) is 33.9 Å². The molecule has 0 bridgehead atoms. The summed E-state index contributed by atoms with van der Waals surface area (Å²) < 4.78 is 2.78. The second-order valence-corrected chi connectivity index (χ2v) is 5.69. The molecule has 0 atom stereocenters. The molecule has 0 aliphatic rings. The average Bonchev–Trinajstić information content (AvgIpc) is 2.75. The molecule has 1 heterocycles. The van der Waals surface area contributed by atoms with Gasteiger partial charge < -0.3 is 15.8 Å². The van der Waals surface area contributed by atoms with Gasteiger partial charge in [-0.15, -0.1) is 0 Å². The van der Waals surface area contributed by atoms with Crippen molar-refractivity contribution in [1.82, 2.24) is 9.78 Å². The molecule has 3 N–H and O–H groups in total. The van der Waals surface area contributed by atoms with E-state index in [2.05, 4.69) is 26.2 Å². The monoisotopic (exact) mass is 351 g/mol. The van der Waals surface area contributed by atoms with Crippen molar-refractivity contribution in [3.05, 3.63) is 45.6 Å². The Morgan fingerprint density at radius 2 is 2.14 bits per heavy atom. The van der Waals surface area contributed by atoms with Gasteiger partial charge in [-0.05, 0) is 18.6 Å². The SMILES string of the molecule is Cc1nn(C)c(N(C)Cc2ccccc2Br)c1C(N)=NO. The third-order valence-electron chi connectivity index (χ3n) is 3.28. The van der Waals surface area contributed by atoms with Gasteiger partial charge in [0.15, 0.2) is 5.84 Å². The largest absolute Gasteiger partial charge is 0.409 e. The van der Waals surface area contributed by atoms with E-state index in [4.69, 9.17) is 10.9 Å². The first-order chi connectivity index (χ1) is 9.95. The number of amidine groups is 1. The highest BCUT2D eigenvalue weighted by atomic mass is 79.9. The number of hydrogen-bond acceptors (Lipinski definition) is 4. The van der Waals surface area contributed by atoms with Gasteiger partial charge in [0.05, 0.1) is 11.3 Å². The predicted molar refractivity (Wildman–Crippen MR) is 86.7 cm³/mol. The van der Waals surface area contributed by atoms with Gasteiger partial charge in [-0.2, -0.15) is 5.10 Å². The molecule has 2 rings (SSSR count). The number of oxime groups is 1. The number of halogens is 1. The van der Waals surface area contributed by atoms with Crippen molar-refractivity contribution in [1.29, 1.82) is 0 Å². The fourth-order valence-electron chi connectivity index (χ4n) is 2.39. The van der Waals surface area contributed by atoms with Crippen LogP contribution in [0.2, 0.25) is 0 Å². The van der Waals surface area contributed by atoms with E-state index < -0.39 is 0 Å². The highest BCUT2D eigenvalue weighted by Gasteiger charge is 2.20. The van der Waals surface area contributed by atoms with E-state index in [9.17, 15) is 0 Å². The molecular formula is C14H18BrN5O. The van der Waals surface area contributed by atoms with Crippen molar-refractivity contribution in [2.45, 2.75) is 13.5 Å². The Balaban J connectivity index is 2.40. The van der Waals surface area contributed by atoms with E-state index in [0.29, 0.717) is 12.1 Å². The van der Waals surface area contributed by atoms with Gasteiger partial charge in [0, 0.05) is 25.1 Å². The van der Waals surface area contributed by atoms with E-state index in [1.807, 2.05) is 50.2 Å². The maximum absolute atomic E-state index is 8.96. The lowest BCUT2D eigenvalue weighted by Gasteiger charge is -2.21. The van der Waals surface area contributed by atoms with Crippen molar-refractivity contribution in [2.24, 2.45) is 17.9 Å². The number of nitrogens with zero attached hydrogens (tertiary/aromatic N) is 4. The van der Waals surface area contributed by atoms with Crippen molar-refractivity contribution >= 4 is 27.6 Å². The Morgan fingerprint density at radius 1 is 1.48 bits per heavy atom. The molecular weight excluding hydrogens is 334 g/mol. The van der Waals surface area contributed by atoms with E-state index in [-0.39, 0.29) is 5.84 Å². The lowest BCUT2D eigenvalue weighted by Crippen LogP contribution is -2.24. The van der Waals surface area contributed by atoms with E-state index in [1.54, 1.807) is 4.68 Å². The minimum Gasteiger partial charge on any atom is -0.409 e. The first-order valence-corrected chi connectivity index (χ1v) is 7.21. The van der Waals surface area contributed by atoms with Crippen LogP contribution < -0.4 is 10.6 Å². The summed E-state index contributed by atoms with van der Waals surface area (Å²) in [5, 5.41) is 16.4. The molecule has 0 radical (unpaired) electrons. The molecule has 112 valence electrons. The number of rotatable bonds is 4. The third-order valence-corrected chi connectivity index (χ3v) is 4.06. The zero-order valence-electron chi connectivity index (χ0n) is 12.2. The minimum absolute atomic E-state index is 0.0644. The number of benzene rings is 1. The molecule has 0 saturated heterocycles. The zero-order valence-corrected chi connectivity index (χ0v) is 13.8. The smallest absolute Gasteiger partial charge is 0.175 e. The first kappa shape index (κ1) is 15.4. The number of anilines is 1. The number of aryl methyl sites for hydroxylation is 2.